The Balaban J connectivity index is 2.24. The van der Waals surface area contributed by atoms with Gasteiger partial charge >= 0.3 is 5.97 Å². The number of carbonyl (C=O) groups is 1. The predicted octanol–water partition coefficient (Wildman–Crippen LogP) is 4.41. The molecule has 0 aliphatic carbocycles. The second-order valence-corrected chi connectivity index (χ2v) is 8.64. The second kappa shape index (κ2) is 11.4. The summed E-state index contributed by atoms with van der Waals surface area (Å²) >= 11 is 0. The molecule has 0 saturated carbocycles. The smallest absolute Gasteiger partial charge is 0.309 e. The molecule has 0 unspecified atom stereocenters. The molecule has 154 valence electrons. The first-order valence-electron chi connectivity index (χ1n) is 9.74. The number of aliphatic hydroxyl groups excluding tert-OH is 1. The summed E-state index contributed by atoms with van der Waals surface area (Å²) in [4.78, 5) is 11.1. The molecular formula is C22H36O5. The highest BCUT2D eigenvalue weighted by Crippen LogP contribution is 2.22. The van der Waals surface area contributed by atoms with Crippen LogP contribution in [0.2, 0.25) is 0 Å². The summed E-state index contributed by atoms with van der Waals surface area (Å²) in [5, 5.41) is 18.3. The van der Waals surface area contributed by atoms with E-state index in [0.717, 1.165) is 30.4 Å². The molecule has 1 rings (SSSR count). The van der Waals surface area contributed by atoms with Gasteiger partial charge in [-0.15, -0.1) is 0 Å². The molecule has 0 spiro atoms. The normalized spacial score (nSPS) is 12.3. The van der Waals surface area contributed by atoms with Gasteiger partial charge in [-0.3, -0.25) is 4.79 Å². The van der Waals surface area contributed by atoms with E-state index < -0.39 is 11.4 Å². The zero-order chi connectivity index (χ0) is 20.3. The molecule has 0 saturated heterocycles. The van der Waals surface area contributed by atoms with Crippen LogP contribution in [-0.2, 0) is 27.5 Å². The summed E-state index contributed by atoms with van der Waals surface area (Å²) < 4.78 is 11.4. The summed E-state index contributed by atoms with van der Waals surface area (Å²) in [6.07, 6.45) is 3.20. The number of rotatable bonds is 14. The maximum absolute atomic E-state index is 11.1. The largest absolute Gasteiger partial charge is 0.481 e. The van der Waals surface area contributed by atoms with Crippen molar-refractivity contribution in [2.24, 2.45) is 10.8 Å². The highest BCUT2D eigenvalue weighted by atomic mass is 16.5. The molecule has 0 atom stereocenters. The molecule has 27 heavy (non-hydrogen) atoms. The second-order valence-electron chi connectivity index (χ2n) is 8.64. The Kier molecular flexibility index (Phi) is 9.99. The van der Waals surface area contributed by atoms with Gasteiger partial charge in [0.15, 0.2) is 0 Å². The van der Waals surface area contributed by atoms with Crippen LogP contribution >= 0.6 is 0 Å². The van der Waals surface area contributed by atoms with E-state index in [1.807, 2.05) is 18.2 Å². The first kappa shape index (κ1) is 23.6. The highest BCUT2D eigenvalue weighted by Gasteiger charge is 2.26. The van der Waals surface area contributed by atoms with Crippen molar-refractivity contribution in [2.45, 2.75) is 66.6 Å². The maximum atomic E-state index is 11.1. The number of benzene rings is 1. The van der Waals surface area contributed by atoms with Gasteiger partial charge in [0.2, 0.25) is 0 Å². The molecular weight excluding hydrogens is 344 g/mol. The Morgan fingerprint density at radius 3 is 1.96 bits per heavy atom. The number of carboxylic acid groups (broad SMARTS) is 1. The summed E-state index contributed by atoms with van der Waals surface area (Å²) in [7, 11) is 0. The van der Waals surface area contributed by atoms with Crippen LogP contribution in [0.1, 0.15) is 64.5 Å². The lowest BCUT2D eigenvalue weighted by molar-refractivity contribution is -0.147. The average molecular weight is 381 g/mol. The van der Waals surface area contributed by atoms with Crippen LogP contribution in [0.15, 0.2) is 24.3 Å². The molecule has 0 aliphatic rings. The molecule has 0 heterocycles. The summed E-state index contributed by atoms with van der Waals surface area (Å²) in [6.45, 7) is 10.1. The molecule has 0 bridgehead atoms. The average Bonchev–Trinajstić information content (AvgIpc) is 2.61. The van der Waals surface area contributed by atoms with E-state index in [1.54, 1.807) is 13.8 Å². The molecule has 1 aromatic rings. The van der Waals surface area contributed by atoms with E-state index in [-0.39, 0.29) is 12.0 Å². The van der Waals surface area contributed by atoms with E-state index in [0.29, 0.717) is 32.8 Å². The van der Waals surface area contributed by atoms with Gasteiger partial charge in [-0.2, -0.15) is 0 Å². The van der Waals surface area contributed by atoms with Gasteiger partial charge in [-0.25, -0.2) is 0 Å². The van der Waals surface area contributed by atoms with Crippen molar-refractivity contribution in [1.29, 1.82) is 0 Å². The fourth-order valence-electron chi connectivity index (χ4n) is 2.64. The van der Waals surface area contributed by atoms with Gasteiger partial charge in [-0.1, -0.05) is 38.1 Å². The van der Waals surface area contributed by atoms with Gasteiger partial charge in [0, 0.05) is 19.8 Å². The lowest BCUT2D eigenvalue weighted by Crippen LogP contribution is -2.23. The third-order valence-electron chi connectivity index (χ3n) is 4.77. The van der Waals surface area contributed by atoms with Crippen LogP contribution in [0, 0.1) is 10.8 Å². The third-order valence-corrected chi connectivity index (χ3v) is 4.77. The van der Waals surface area contributed by atoms with Gasteiger partial charge in [0.25, 0.3) is 0 Å². The van der Waals surface area contributed by atoms with Crippen LogP contribution in [0.25, 0.3) is 0 Å². The van der Waals surface area contributed by atoms with Crippen molar-refractivity contribution in [3.8, 4) is 0 Å². The number of carboxylic acids is 1. The van der Waals surface area contributed by atoms with Crippen molar-refractivity contribution in [3.63, 3.8) is 0 Å². The number of aliphatic carboxylic acids is 1. The van der Waals surface area contributed by atoms with E-state index in [4.69, 9.17) is 14.6 Å². The molecule has 0 aromatic heterocycles. The van der Waals surface area contributed by atoms with Crippen molar-refractivity contribution in [1.82, 2.24) is 0 Å². The molecule has 0 fully saturated rings. The van der Waals surface area contributed by atoms with Gasteiger partial charge in [-0.05, 0) is 56.1 Å². The molecule has 0 amide bonds. The van der Waals surface area contributed by atoms with E-state index in [9.17, 15) is 9.90 Å². The minimum atomic E-state index is -0.768. The Morgan fingerprint density at radius 2 is 1.48 bits per heavy atom. The SMILES string of the molecule is CC(C)(CO)CCCOCc1cccc(COCCCC(C)(C)C(=O)O)c1. The van der Waals surface area contributed by atoms with Crippen LogP contribution in [-0.4, -0.2) is 36.0 Å². The van der Waals surface area contributed by atoms with Crippen molar-refractivity contribution >= 4 is 5.97 Å². The standard InChI is InChI=1S/C22H36O5/c1-21(2,17-23)10-6-12-26-15-18-8-5-9-19(14-18)16-27-13-7-11-22(3,4)20(24)25/h5,8-9,14,23H,6-7,10-13,15-17H2,1-4H3,(H,24,25). The topological polar surface area (TPSA) is 76.0 Å². The fourth-order valence-corrected chi connectivity index (χ4v) is 2.64. The predicted molar refractivity (Wildman–Crippen MR) is 107 cm³/mol. The zero-order valence-corrected chi connectivity index (χ0v) is 17.3. The van der Waals surface area contributed by atoms with Gasteiger partial charge in [0.05, 0.1) is 18.6 Å². The van der Waals surface area contributed by atoms with Crippen LogP contribution in [0.3, 0.4) is 0 Å². The van der Waals surface area contributed by atoms with Crippen molar-refractivity contribution in [2.75, 3.05) is 19.8 Å². The lowest BCUT2D eigenvalue weighted by atomic mass is 9.88. The zero-order valence-electron chi connectivity index (χ0n) is 17.3. The van der Waals surface area contributed by atoms with E-state index in [2.05, 4.69) is 19.9 Å². The third kappa shape index (κ3) is 9.89. The van der Waals surface area contributed by atoms with Crippen molar-refractivity contribution in [3.05, 3.63) is 35.4 Å². The number of hydrogen-bond acceptors (Lipinski definition) is 4. The molecule has 0 radical (unpaired) electrons. The summed E-state index contributed by atoms with van der Waals surface area (Å²) in [6, 6.07) is 8.14. The lowest BCUT2D eigenvalue weighted by Gasteiger charge is -2.21. The Hall–Kier alpha value is -1.43. The molecule has 0 aliphatic heterocycles. The molecule has 5 heteroatoms. The van der Waals surface area contributed by atoms with E-state index >= 15 is 0 Å². The Bertz CT molecular complexity index is 566. The quantitative estimate of drug-likeness (QED) is 0.468. The number of aliphatic hydroxyl groups is 1. The minimum absolute atomic E-state index is 0.0414. The molecule has 2 N–H and O–H groups in total. The maximum Gasteiger partial charge on any atom is 0.309 e. The summed E-state index contributed by atoms with van der Waals surface area (Å²) in [5.41, 5.74) is 1.47. The van der Waals surface area contributed by atoms with Crippen LogP contribution in [0.5, 0.6) is 0 Å². The van der Waals surface area contributed by atoms with Crippen LogP contribution < -0.4 is 0 Å². The highest BCUT2D eigenvalue weighted by molar-refractivity contribution is 5.73. The first-order chi connectivity index (χ1) is 12.7. The van der Waals surface area contributed by atoms with E-state index in [1.165, 1.54) is 0 Å². The molecule has 1 aromatic carbocycles. The Morgan fingerprint density at radius 1 is 0.963 bits per heavy atom. The monoisotopic (exact) mass is 380 g/mol. The summed E-state index contributed by atoms with van der Waals surface area (Å²) in [5.74, 6) is -0.768. The molecule has 5 nitrogen and oxygen atoms in total. The fraction of sp³-hybridized carbons (Fsp3) is 0.682. The van der Waals surface area contributed by atoms with Gasteiger partial charge in [0.1, 0.15) is 0 Å². The van der Waals surface area contributed by atoms with Crippen molar-refractivity contribution < 1.29 is 24.5 Å². The number of ether oxygens (including phenoxy) is 2. The minimum Gasteiger partial charge on any atom is -0.481 e. The van der Waals surface area contributed by atoms with Gasteiger partial charge < -0.3 is 19.7 Å². The number of hydrogen-bond donors (Lipinski definition) is 2. The van der Waals surface area contributed by atoms with Crippen LogP contribution in [0.4, 0.5) is 0 Å². The Labute approximate surface area is 163 Å². The first-order valence-corrected chi connectivity index (χ1v) is 9.74.